The number of sulfone groups is 1. The third-order valence-corrected chi connectivity index (χ3v) is 9.61. The Morgan fingerprint density at radius 3 is 2.52 bits per heavy atom. The summed E-state index contributed by atoms with van der Waals surface area (Å²) in [6.07, 6.45) is 5.96. The Hall–Kier alpha value is -3.48. The quantitative estimate of drug-likeness (QED) is 0.239. The number of anilines is 3. The number of ether oxygens (including phenoxy) is 1. The van der Waals surface area contributed by atoms with Crippen molar-refractivity contribution in [2.24, 2.45) is 18.4 Å². The van der Waals surface area contributed by atoms with E-state index in [1.54, 1.807) is 22.9 Å². The Bertz CT molecular complexity index is 1770. The summed E-state index contributed by atoms with van der Waals surface area (Å²) < 4.78 is 35.9. The molecule has 3 atom stereocenters. The number of aliphatic hydroxyl groups excluding tert-OH is 1. The number of aryl methyl sites for hydroxylation is 3. The van der Waals surface area contributed by atoms with Gasteiger partial charge in [0.2, 0.25) is 0 Å². The smallest absolute Gasteiger partial charge is 0.177 e. The van der Waals surface area contributed by atoms with Crippen LogP contribution in [0.1, 0.15) is 57.1 Å². The second kappa shape index (κ2) is 10.4. The van der Waals surface area contributed by atoms with Crippen molar-refractivity contribution in [3.05, 3.63) is 41.9 Å². The molecule has 224 valence electrons. The van der Waals surface area contributed by atoms with Gasteiger partial charge in [0.1, 0.15) is 29.6 Å². The third-order valence-electron chi connectivity index (χ3n) is 8.47. The number of hydrogen-bond acceptors (Lipinski definition) is 9. The lowest BCUT2D eigenvalue weighted by Gasteiger charge is -2.25. The van der Waals surface area contributed by atoms with Crippen molar-refractivity contribution in [3.63, 3.8) is 0 Å². The van der Waals surface area contributed by atoms with Crippen molar-refractivity contribution in [1.29, 1.82) is 0 Å². The van der Waals surface area contributed by atoms with Gasteiger partial charge in [-0.15, -0.1) is 0 Å². The summed E-state index contributed by atoms with van der Waals surface area (Å²) in [6, 6.07) is 7.06. The van der Waals surface area contributed by atoms with Gasteiger partial charge >= 0.3 is 0 Å². The van der Waals surface area contributed by atoms with E-state index in [4.69, 9.17) is 14.7 Å². The first-order chi connectivity index (χ1) is 19.8. The van der Waals surface area contributed by atoms with Crippen LogP contribution in [0.5, 0.6) is 0 Å². The van der Waals surface area contributed by atoms with Gasteiger partial charge in [-0.3, -0.25) is 9.25 Å². The number of hydrogen-bond donors (Lipinski definition) is 3. The Morgan fingerprint density at radius 2 is 1.90 bits per heavy atom. The minimum Gasteiger partial charge on any atom is -0.373 e. The van der Waals surface area contributed by atoms with Crippen molar-refractivity contribution < 1.29 is 18.3 Å². The second-order valence-electron chi connectivity index (χ2n) is 12.4. The van der Waals surface area contributed by atoms with Gasteiger partial charge in [0.25, 0.3) is 0 Å². The fourth-order valence-corrected chi connectivity index (χ4v) is 6.89. The number of nitrogens with zero attached hydrogens (tertiary/aromatic N) is 5. The Morgan fingerprint density at radius 1 is 1.14 bits per heavy atom. The Labute approximate surface area is 246 Å². The molecule has 0 radical (unpaired) electrons. The number of imidazole rings is 1. The topological polar surface area (TPSA) is 136 Å². The van der Waals surface area contributed by atoms with Crippen LogP contribution in [0.3, 0.4) is 0 Å². The van der Waals surface area contributed by atoms with E-state index in [0.717, 1.165) is 42.8 Å². The molecule has 4 aromatic rings. The molecular formula is C30H39N7O4S. The molecule has 2 fully saturated rings. The zero-order chi connectivity index (χ0) is 30.0. The van der Waals surface area contributed by atoms with Crippen molar-refractivity contribution in [2.75, 3.05) is 23.5 Å². The molecule has 3 unspecified atom stereocenters. The van der Waals surface area contributed by atoms with Crippen LogP contribution in [-0.4, -0.2) is 56.9 Å². The standard InChI is InChI=1S/C30H39N7O4S/c1-17-16-36(5)35-26(17)19-10-11-21(23(13-19)42(6,39)40)32-22-14-24(34-29(38)20-15-30(20,3)4)33-28-27(22)31-18(2)37(28)25-9-7-8-12-41-25/h10-11,13-14,16,20,25,29,38H,7-9,12,15H2,1-6H3,(H2,32,33,34). The van der Waals surface area contributed by atoms with Crippen LogP contribution in [0.4, 0.5) is 17.2 Å². The van der Waals surface area contributed by atoms with Gasteiger partial charge in [0.05, 0.1) is 22.0 Å². The number of rotatable bonds is 8. The lowest BCUT2D eigenvalue weighted by atomic mass is 10.1. The van der Waals surface area contributed by atoms with Gasteiger partial charge in [-0.25, -0.2) is 18.4 Å². The lowest BCUT2D eigenvalue weighted by Crippen LogP contribution is -2.24. The molecule has 6 rings (SSSR count). The summed E-state index contributed by atoms with van der Waals surface area (Å²) in [6.45, 7) is 8.80. The molecule has 4 heterocycles. The van der Waals surface area contributed by atoms with E-state index in [1.807, 2.05) is 37.7 Å². The maximum atomic E-state index is 13.0. The van der Waals surface area contributed by atoms with Gasteiger partial charge in [0.15, 0.2) is 15.5 Å². The minimum atomic E-state index is -3.62. The molecule has 3 N–H and O–H groups in total. The zero-order valence-electron chi connectivity index (χ0n) is 25.0. The first-order valence-electron chi connectivity index (χ1n) is 14.4. The average molecular weight is 594 g/mol. The Kier molecular flexibility index (Phi) is 7.06. The monoisotopic (exact) mass is 593 g/mol. The number of aliphatic hydroxyl groups is 1. The number of pyridine rings is 1. The van der Waals surface area contributed by atoms with Crippen LogP contribution >= 0.6 is 0 Å². The van der Waals surface area contributed by atoms with Crippen molar-refractivity contribution >= 4 is 38.2 Å². The van der Waals surface area contributed by atoms with Crippen LogP contribution in [0, 0.1) is 25.2 Å². The van der Waals surface area contributed by atoms with Gasteiger partial charge < -0.3 is 20.5 Å². The van der Waals surface area contributed by atoms with Crippen molar-refractivity contribution in [2.45, 2.75) is 70.7 Å². The molecule has 12 heteroatoms. The highest BCUT2D eigenvalue weighted by atomic mass is 32.2. The summed E-state index contributed by atoms with van der Waals surface area (Å²) in [4.78, 5) is 9.89. The van der Waals surface area contributed by atoms with E-state index >= 15 is 0 Å². The second-order valence-corrected chi connectivity index (χ2v) is 14.4. The lowest BCUT2D eigenvalue weighted by molar-refractivity contribution is -0.0308. The third kappa shape index (κ3) is 5.38. The maximum Gasteiger partial charge on any atom is 0.177 e. The van der Waals surface area contributed by atoms with Crippen LogP contribution in [0.25, 0.3) is 22.4 Å². The van der Waals surface area contributed by atoms with E-state index in [2.05, 4.69) is 29.6 Å². The Balaban J connectivity index is 1.45. The highest BCUT2D eigenvalue weighted by molar-refractivity contribution is 7.90. The molecular weight excluding hydrogens is 554 g/mol. The molecule has 0 bridgehead atoms. The number of benzene rings is 1. The van der Waals surface area contributed by atoms with Gasteiger partial charge in [-0.2, -0.15) is 5.10 Å². The molecule has 1 saturated heterocycles. The number of aromatic nitrogens is 5. The predicted octanol–water partition coefficient (Wildman–Crippen LogP) is 5.07. The normalized spacial score (nSPS) is 20.9. The molecule has 0 spiro atoms. The van der Waals surface area contributed by atoms with Crippen LogP contribution in [-0.2, 0) is 21.6 Å². The van der Waals surface area contributed by atoms with Crippen molar-refractivity contribution in [3.8, 4) is 11.3 Å². The molecule has 1 aromatic carbocycles. The first kappa shape index (κ1) is 28.6. The van der Waals surface area contributed by atoms with E-state index in [1.165, 1.54) is 6.26 Å². The van der Waals surface area contributed by atoms with Gasteiger partial charge in [-0.1, -0.05) is 19.9 Å². The van der Waals surface area contributed by atoms with Gasteiger partial charge in [-0.05, 0) is 62.6 Å². The number of nitrogens with one attached hydrogen (secondary N) is 2. The summed E-state index contributed by atoms with van der Waals surface area (Å²) in [5.74, 6) is 1.33. The molecule has 2 aliphatic rings. The van der Waals surface area contributed by atoms with Crippen molar-refractivity contribution in [1.82, 2.24) is 24.3 Å². The maximum absolute atomic E-state index is 13.0. The predicted molar refractivity (Wildman–Crippen MR) is 162 cm³/mol. The SMILES string of the molecule is Cc1cn(C)nc1-c1ccc(Nc2cc(NC(O)C3CC3(C)C)nc3c2nc(C)n3C2CCCCO2)c(S(C)(=O)=O)c1. The zero-order valence-corrected chi connectivity index (χ0v) is 25.8. The molecule has 42 heavy (non-hydrogen) atoms. The molecule has 11 nitrogen and oxygen atoms in total. The summed E-state index contributed by atoms with van der Waals surface area (Å²) in [5.41, 5.74) is 4.65. The number of fused-ring (bicyclic) bond motifs is 1. The minimum absolute atomic E-state index is 0.0595. The van der Waals surface area contributed by atoms with Crippen LogP contribution in [0.2, 0.25) is 0 Å². The van der Waals surface area contributed by atoms with Gasteiger partial charge in [0, 0.05) is 43.7 Å². The van der Waals surface area contributed by atoms with Crippen LogP contribution in [0.15, 0.2) is 35.4 Å². The molecule has 1 aliphatic heterocycles. The highest BCUT2D eigenvalue weighted by Crippen LogP contribution is 2.53. The van der Waals surface area contributed by atoms with E-state index < -0.39 is 16.1 Å². The average Bonchev–Trinajstić information content (AvgIpc) is 3.23. The first-order valence-corrected chi connectivity index (χ1v) is 16.3. The van der Waals surface area contributed by atoms with Crippen LogP contribution < -0.4 is 10.6 Å². The molecule has 1 aliphatic carbocycles. The molecule has 3 aromatic heterocycles. The largest absolute Gasteiger partial charge is 0.373 e. The molecule has 0 amide bonds. The summed E-state index contributed by atoms with van der Waals surface area (Å²) in [5, 5.41) is 22.0. The van der Waals surface area contributed by atoms with E-state index in [9.17, 15) is 13.5 Å². The van der Waals surface area contributed by atoms with E-state index in [0.29, 0.717) is 40.5 Å². The fourth-order valence-electron chi connectivity index (χ4n) is 6.03. The molecule has 1 saturated carbocycles. The van der Waals surface area contributed by atoms with E-state index in [-0.39, 0.29) is 22.5 Å². The summed E-state index contributed by atoms with van der Waals surface area (Å²) in [7, 11) is -1.78. The highest BCUT2D eigenvalue weighted by Gasteiger charge is 2.50. The summed E-state index contributed by atoms with van der Waals surface area (Å²) >= 11 is 0. The fraction of sp³-hybridized carbons (Fsp3) is 0.500.